The largest absolute Gasteiger partial charge is 0.465 e. The molecular formula is C21H24BrNO4S. The number of rotatable bonds is 7. The van der Waals surface area contributed by atoms with E-state index in [4.69, 9.17) is 9.47 Å². The molecule has 0 N–H and O–H groups in total. The zero-order chi connectivity index (χ0) is 20.1. The summed E-state index contributed by atoms with van der Waals surface area (Å²) in [5.74, 6) is -0.446. The SMILES string of the molecule is CCCC(=O)Oc1cc2c(s1)CCN([C@H](C(=O)OCC)c1ccccc1Br)C2. The van der Waals surface area contributed by atoms with Crippen molar-refractivity contribution in [2.45, 2.75) is 45.7 Å². The van der Waals surface area contributed by atoms with E-state index < -0.39 is 6.04 Å². The van der Waals surface area contributed by atoms with E-state index >= 15 is 0 Å². The molecule has 0 saturated heterocycles. The predicted octanol–water partition coefficient (Wildman–Crippen LogP) is 4.88. The number of nitrogens with zero attached hydrogens (tertiary/aromatic N) is 1. The molecule has 3 rings (SSSR count). The summed E-state index contributed by atoms with van der Waals surface area (Å²) < 4.78 is 11.7. The lowest BCUT2D eigenvalue weighted by Crippen LogP contribution is -2.38. The average Bonchev–Trinajstić information content (AvgIpc) is 3.05. The highest BCUT2D eigenvalue weighted by molar-refractivity contribution is 9.10. The molecule has 7 heteroatoms. The lowest BCUT2D eigenvalue weighted by Gasteiger charge is -2.33. The van der Waals surface area contributed by atoms with Crippen molar-refractivity contribution in [2.75, 3.05) is 13.2 Å². The number of carbonyl (C=O) groups is 2. The Morgan fingerprint density at radius 3 is 2.79 bits per heavy atom. The van der Waals surface area contributed by atoms with E-state index in [0.717, 1.165) is 35.0 Å². The van der Waals surface area contributed by atoms with Crippen molar-refractivity contribution in [2.24, 2.45) is 0 Å². The van der Waals surface area contributed by atoms with Crippen LogP contribution < -0.4 is 4.74 Å². The normalized spacial score (nSPS) is 15.0. The molecule has 0 aliphatic carbocycles. The van der Waals surface area contributed by atoms with Crippen molar-refractivity contribution in [3.8, 4) is 5.06 Å². The molecule has 1 aromatic carbocycles. The second kappa shape index (κ2) is 9.67. The van der Waals surface area contributed by atoms with Crippen LogP contribution in [0.1, 0.15) is 48.7 Å². The molecule has 1 aromatic heterocycles. The van der Waals surface area contributed by atoms with Crippen LogP contribution in [0.2, 0.25) is 0 Å². The first-order valence-corrected chi connectivity index (χ1v) is 11.1. The molecule has 0 bridgehead atoms. The zero-order valence-electron chi connectivity index (χ0n) is 16.1. The van der Waals surface area contributed by atoms with Gasteiger partial charge in [-0.05, 0) is 43.0 Å². The van der Waals surface area contributed by atoms with Gasteiger partial charge in [0.2, 0.25) is 0 Å². The monoisotopic (exact) mass is 465 g/mol. The standard InChI is InChI=1S/C21H24BrNO4S/c1-3-7-18(24)27-19-12-14-13-23(11-10-17(14)28-19)20(21(25)26-4-2)15-8-5-6-9-16(15)22/h5-6,8-9,12,20H,3-4,7,10-11,13H2,1-2H3/t20-/m0/s1. The maximum Gasteiger partial charge on any atom is 0.328 e. The molecule has 0 fully saturated rings. The number of halogens is 1. The number of esters is 2. The summed E-state index contributed by atoms with van der Waals surface area (Å²) >= 11 is 5.10. The third kappa shape index (κ3) is 4.82. The summed E-state index contributed by atoms with van der Waals surface area (Å²) in [6.07, 6.45) is 2.00. The lowest BCUT2D eigenvalue weighted by molar-refractivity contribution is -0.150. The summed E-state index contributed by atoms with van der Waals surface area (Å²) in [6, 6.07) is 9.20. The van der Waals surface area contributed by atoms with Crippen LogP contribution in [0.3, 0.4) is 0 Å². The van der Waals surface area contributed by atoms with Crippen LogP contribution in [0, 0.1) is 0 Å². The summed E-state index contributed by atoms with van der Waals surface area (Å²) in [5.41, 5.74) is 2.01. The van der Waals surface area contributed by atoms with Crippen molar-refractivity contribution in [3.05, 3.63) is 50.8 Å². The van der Waals surface area contributed by atoms with Crippen molar-refractivity contribution >= 4 is 39.2 Å². The summed E-state index contributed by atoms with van der Waals surface area (Å²) in [4.78, 5) is 27.9. The highest BCUT2D eigenvalue weighted by Gasteiger charge is 2.33. The van der Waals surface area contributed by atoms with Gasteiger partial charge in [0.25, 0.3) is 0 Å². The van der Waals surface area contributed by atoms with Gasteiger partial charge in [0.05, 0.1) is 6.61 Å². The Labute approximate surface area is 177 Å². The van der Waals surface area contributed by atoms with Gasteiger partial charge in [-0.3, -0.25) is 9.69 Å². The molecule has 2 heterocycles. The molecule has 28 heavy (non-hydrogen) atoms. The van der Waals surface area contributed by atoms with Gasteiger partial charge in [0.15, 0.2) is 5.06 Å². The van der Waals surface area contributed by atoms with E-state index in [1.54, 1.807) is 0 Å². The highest BCUT2D eigenvalue weighted by atomic mass is 79.9. The van der Waals surface area contributed by atoms with Crippen LogP contribution in [-0.2, 0) is 27.3 Å². The zero-order valence-corrected chi connectivity index (χ0v) is 18.5. The Morgan fingerprint density at radius 1 is 1.29 bits per heavy atom. The first-order chi connectivity index (χ1) is 13.5. The molecule has 0 amide bonds. The number of thiophene rings is 1. The minimum Gasteiger partial charge on any atom is -0.465 e. The lowest BCUT2D eigenvalue weighted by atomic mass is 10.0. The maximum absolute atomic E-state index is 12.8. The van der Waals surface area contributed by atoms with Crippen LogP contribution in [0.25, 0.3) is 0 Å². The summed E-state index contributed by atoms with van der Waals surface area (Å²) in [6.45, 7) is 5.46. The van der Waals surface area contributed by atoms with Gasteiger partial charge in [-0.25, -0.2) is 4.79 Å². The fraction of sp³-hybridized carbons (Fsp3) is 0.429. The fourth-order valence-corrected chi connectivity index (χ4v) is 4.88. The van der Waals surface area contributed by atoms with E-state index in [2.05, 4.69) is 20.8 Å². The molecule has 2 aromatic rings. The summed E-state index contributed by atoms with van der Waals surface area (Å²) in [5, 5.41) is 0.638. The molecule has 150 valence electrons. The predicted molar refractivity (Wildman–Crippen MR) is 112 cm³/mol. The van der Waals surface area contributed by atoms with Gasteiger partial charge < -0.3 is 9.47 Å². The maximum atomic E-state index is 12.8. The van der Waals surface area contributed by atoms with E-state index in [9.17, 15) is 9.59 Å². The number of fused-ring (bicyclic) bond motifs is 1. The Morgan fingerprint density at radius 2 is 2.07 bits per heavy atom. The molecule has 1 aliphatic heterocycles. The Hall–Kier alpha value is -1.70. The second-order valence-corrected chi connectivity index (χ2v) is 8.59. The van der Waals surface area contributed by atoms with Crippen molar-refractivity contribution in [3.63, 3.8) is 0 Å². The number of hydrogen-bond acceptors (Lipinski definition) is 6. The van der Waals surface area contributed by atoms with Crippen LogP contribution in [-0.4, -0.2) is 30.0 Å². The third-order valence-corrected chi connectivity index (χ3v) is 6.45. The van der Waals surface area contributed by atoms with E-state index in [-0.39, 0.29) is 11.9 Å². The van der Waals surface area contributed by atoms with Crippen molar-refractivity contribution in [1.29, 1.82) is 0 Å². The van der Waals surface area contributed by atoms with Gasteiger partial charge in [-0.1, -0.05) is 41.1 Å². The van der Waals surface area contributed by atoms with E-state index in [1.165, 1.54) is 16.2 Å². The summed E-state index contributed by atoms with van der Waals surface area (Å²) in [7, 11) is 0. The van der Waals surface area contributed by atoms with E-state index in [1.807, 2.05) is 44.2 Å². The molecule has 1 atom stereocenters. The van der Waals surface area contributed by atoms with Gasteiger partial charge in [-0.15, -0.1) is 11.3 Å². The molecule has 0 radical (unpaired) electrons. The molecule has 1 aliphatic rings. The fourth-order valence-electron chi connectivity index (χ4n) is 3.36. The topological polar surface area (TPSA) is 55.8 Å². The average molecular weight is 466 g/mol. The van der Waals surface area contributed by atoms with Gasteiger partial charge >= 0.3 is 11.9 Å². The first kappa shape index (κ1) is 21.0. The van der Waals surface area contributed by atoms with Gasteiger partial charge in [0, 0.05) is 28.9 Å². The number of benzene rings is 1. The molecule has 0 saturated carbocycles. The Balaban J connectivity index is 1.83. The van der Waals surface area contributed by atoms with Crippen LogP contribution >= 0.6 is 27.3 Å². The first-order valence-electron chi connectivity index (χ1n) is 9.50. The van der Waals surface area contributed by atoms with Crippen molar-refractivity contribution in [1.82, 2.24) is 4.90 Å². The van der Waals surface area contributed by atoms with Crippen LogP contribution in [0.15, 0.2) is 34.8 Å². The molecule has 5 nitrogen and oxygen atoms in total. The third-order valence-electron chi connectivity index (χ3n) is 4.62. The Kier molecular flexibility index (Phi) is 7.26. The quantitative estimate of drug-likeness (QED) is 0.545. The van der Waals surface area contributed by atoms with E-state index in [0.29, 0.717) is 24.6 Å². The number of hydrogen-bond donors (Lipinski definition) is 0. The minimum absolute atomic E-state index is 0.199. The van der Waals surface area contributed by atoms with Gasteiger partial charge in [0.1, 0.15) is 6.04 Å². The highest BCUT2D eigenvalue weighted by Crippen LogP contribution is 2.38. The molecule has 0 spiro atoms. The van der Waals surface area contributed by atoms with Crippen molar-refractivity contribution < 1.29 is 19.1 Å². The van der Waals surface area contributed by atoms with Gasteiger partial charge in [-0.2, -0.15) is 0 Å². The van der Waals surface area contributed by atoms with Crippen LogP contribution in [0.5, 0.6) is 5.06 Å². The minimum atomic E-state index is -0.477. The smallest absolute Gasteiger partial charge is 0.328 e. The number of ether oxygens (including phenoxy) is 2. The van der Waals surface area contributed by atoms with Crippen LogP contribution in [0.4, 0.5) is 0 Å². The molecular weight excluding hydrogens is 442 g/mol. The molecule has 0 unspecified atom stereocenters. The second-order valence-electron chi connectivity index (χ2n) is 6.63. The number of carbonyl (C=O) groups excluding carboxylic acids is 2. The Bertz CT molecular complexity index is 851.